The Balaban J connectivity index is 1.68. The highest BCUT2D eigenvalue weighted by molar-refractivity contribution is 5.03. The van der Waals surface area contributed by atoms with Crippen LogP contribution in [0.3, 0.4) is 0 Å². The average molecular weight is 223 g/mol. The smallest absolute Gasteiger partial charge is 0.156 e. The minimum Gasteiger partial charge on any atom is -0.347 e. The Hall–Kier alpha value is -0.0800. The largest absolute Gasteiger partial charge is 0.347 e. The van der Waals surface area contributed by atoms with Gasteiger partial charge in [-0.05, 0) is 70.1 Å². The molecule has 4 rings (SSSR count). The van der Waals surface area contributed by atoms with E-state index in [1.54, 1.807) is 6.61 Å². The van der Waals surface area contributed by atoms with Crippen molar-refractivity contribution in [1.82, 2.24) is 0 Å². The Bertz CT molecular complexity index is 226. The second kappa shape index (κ2) is 3.99. The van der Waals surface area contributed by atoms with Crippen molar-refractivity contribution in [3.63, 3.8) is 0 Å². The van der Waals surface area contributed by atoms with Crippen LogP contribution in [0.1, 0.15) is 52.4 Å². The maximum atomic E-state index is 6.24. The first-order valence-corrected chi connectivity index (χ1v) is 6.80. The minimum absolute atomic E-state index is 0.0683. The van der Waals surface area contributed by atoms with Crippen LogP contribution in [0.2, 0.25) is 0 Å². The molecule has 0 heterocycles. The van der Waals surface area contributed by atoms with Crippen LogP contribution < -0.4 is 0 Å². The topological polar surface area (TPSA) is 18.5 Å². The summed E-state index contributed by atoms with van der Waals surface area (Å²) in [6, 6.07) is 0. The molecule has 4 aliphatic carbocycles. The predicted molar refractivity (Wildman–Crippen MR) is 62.5 cm³/mol. The summed E-state index contributed by atoms with van der Waals surface area (Å²) in [4.78, 5) is 0. The van der Waals surface area contributed by atoms with Gasteiger partial charge >= 0.3 is 0 Å². The second-order valence-corrected chi connectivity index (χ2v) is 6.16. The molecule has 4 saturated carbocycles. The van der Waals surface area contributed by atoms with Gasteiger partial charge in [0.2, 0.25) is 0 Å². The first-order valence-electron chi connectivity index (χ1n) is 6.80. The molecule has 0 spiro atoms. The summed E-state index contributed by atoms with van der Waals surface area (Å²) < 4.78 is 11.7. The van der Waals surface area contributed by atoms with Crippen molar-refractivity contribution in [2.45, 2.75) is 64.3 Å². The Morgan fingerprint density at radius 2 is 1.56 bits per heavy atom. The highest BCUT2D eigenvalue weighted by Gasteiger charge is 2.52. The molecule has 2 heteroatoms. The SMILES string of the molecule is C[CH]OC(C)OC12CC3CC(CC(C3)C1)C2. The van der Waals surface area contributed by atoms with Gasteiger partial charge < -0.3 is 9.47 Å². The van der Waals surface area contributed by atoms with E-state index in [0.717, 1.165) is 17.8 Å². The van der Waals surface area contributed by atoms with Gasteiger partial charge in [0, 0.05) is 0 Å². The quantitative estimate of drug-likeness (QED) is 0.679. The summed E-state index contributed by atoms with van der Waals surface area (Å²) in [5.74, 6) is 2.84. The standard InChI is InChI=1S/C14H23O2/c1-3-15-10(2)16-14-7-11-4-12(8-14)6-13(5-11)9-14/h3,10-13H,4-9H2,1-2H3. The summed E-state index contributed by atoms with van der Waals surface area (Å²) in [5, 5.41) is 0. The van der Waals surface area contributed by atoms with Crippen molar-refractivity contribution < 1.29 is 9.47 Å². The van der Waals surface area contributed by atoms with Crippen molar-refractivity contribution in [1.29, 1.82) is 0 Å². The van der Waals surface area contributed by atoms with Gasteiger partial charge in [-0.1, -0.05) is 0 Å². The highest BCUT2D eigenvalue weighted by Crippen LogP contribution is 2.57. The molecular weight excluding hydrogens is 200 g/mol. The molecule has 91 valence electrons. The molecule has 0 amide bonds. The van der Waals surface area contributed by atoms with E-state index in [2.05, 4.69) is 0 Å². The summed E-state index contributed by atoms with van der Waals surface area (Å²) in [6.45, 7) is 5.68. The summed E-state index contributed by atoms with van der Waals surface area (Å²) in [5.41, 5.74) is 0.178. The van der Waals surface area contributed by atoms with Crippen LogP contribution >= 0.6 is 0 Å². The zero-order valence-corrected chi connectivity index (χ0v) is 10.4. The summed E-state index contributed by atoms with van der Waals surface area (Å²) >= 11 is 0. The molecule has 4 aliphatic rings. The molecule has 0 N–H and O–H groups in total. The van der Waals surface area contributed by atoms with Crippen molar-refractivity contribution in [2.24, 2.45) is 17.8 Å². The van der Waals surface area contributed by atoms with Crippen LogP contribution in [0.25, 0.3) is 0 Å². The Kier molecular flexibility index (Phi) is 2.75. The average Bonchev–Trinajstić information content (AvgIpc) is 2.13. The van der Waals surface area contributed by atoms with E-state index in [9.17, 15) is 0 Å². The third kappa shape index (κ3) is 1.91. The monoisotopic (exact) mass is 223 g/mol. The zero-order chi connectivity index (χ0) is 11.2. The lowest BCUT2D eigenvalue weighted by Crippen LogP contribution is -2.53. The maximum absolute atomic E-state index is 6.24. The molecule has 2 nitrogen and oxygen atoms in total. The van der Waals surface area contributed by atoms with E-state index < -0.39 is 0 Å². The van der Waals surface area contributed by atoms with Gasteiger partial charge in [0.05, 0.1) is 12.2 Å². The van der Waals surface area contributed by atoms with Gasteiger partial charge in [-0.2, -0.15) is 0 Å². The summed E-state index contributed by atoms with van der Waals surface area (Å²) in [6.07, 6.45) is 8.21. The second-order valence-electron chi connectivity index (χ2n) is 6.16. The third-order valence-corrected chi connectivity index (χ3v) is 4.73. The van der Waals surface area contributed by atoms with Crippen LogP contribution in [0.15, 0.2) is 0 Å². The molecule has 4 fully saturated rings. The zero-order valence-electron chi connectivity index (χ0n) is 10.4. The number of rotatable bonds is 4. The molecule has 0 aromatic rings. The van der Waals surface area contributed by atoms with Crippen LogP contribution in [-0.2, 0) is 9.47 Å². The predicted octanol–water partition coefficient (Wildman–Crippen LogP) is 3.52. The number of hydrogen-bond donors (Lipinski definition) is 0. The fraction of sp³-hybridized carbons (Fsp3) is 0.929. The number of hydrogen-bond acceptors (Lipinski definition) is 2. The molecule has 16 heavy (non-hydrogen) atoms. The highest BCUT2D eigenvalue weighted by atomic mass is 16.7. The van der Waals surface area contributed by atoms with E-state index in [4.69, 9.17) is 9.47 Å². The van der Waals surface area contributed by atoms with E-state index in [1.807, 2.05) is 13.8 Å². The minimum atomic E-state index is -0.0683. The van der Waals surface area contributed by atoms with Crippen LogP contribution in [-0.4, -0.2) is 11.9 Å². The van der Waals surface area contributed by atoms with Gasteiger partial charge in [0.25, 0.3) is 0 Å². The first kappa shape index (κ1) is 11.0. The van der Waals surface area contributed by atoms with Crippen molar-refractivity contribution in [3.05, 3.63) is 6.61 Å². The van der Waals surface area contributed by atoms with Crippen LogP contribution in [0, 0.1) is 24.4 Å². The molecule has 0 aromatic carbocycles. The molecule has 1 atom stereocenters. The third-order valence-electron chi connectivity index (χ3n) is 4.73. The van der Waals surface area contributed by atoms with Crippen LogP contribution in [0.4, 0.5) is 0 Å². The van der Waals surface area contributed by atoms with Gasteiger partial charge in [-0.3, -0.25) is 0 Å². The summed E-state index contributed by atoms with van der Waals surface area (Å²) in [7, 11) is 0. The Morgan fingerprint density at radius 1 is 1.06 bits per heavy atom. The molecule has 0 aromatic heterocycles. The molecule has 1 unspecified atom stereocenters. The lowest BCUT2D eigenvalue weighted by atomic mass is 9.54. The van der Waals surface area contributed by atoms with Crippen molar-refractivity contribution in [2.75, 3.05) is 0 Å². The fourth-order valence-corrected chi connectivity index (χ4v) is 4.75. The Labute approximate surface area is 98.7 Å². The van der Waals surface area contributed by atoms with Gasteiger partial charge in [-0.25, -0.2) is 0 Å². The van der Waals surface area contributed by atoms with E-state index >= 15 is 0 Å². The Morgan fingerprint density at radius 3 is 2.00 bits per heavy atom. The molecule has 0 aliphatic heterocycles. The fourth-order valence-electron chi connectivity index (χ4n) is 4.75. The normalized spacial score (nSPS) is 47.2. The lowest BCUT2D eigenvalue weighted by molar-refractivity contribution is -0.240. The maximum Gasteiger partial charge on any atom is 0.156 e. The lowest BCUT2D eigenvalue weighted by Gasteiger charge is -2.56. The van der Waals surface area contributed by atoms with Crippen LogP contribution in [0.5, 0.6) is 0 Å². The number of ether oxygens (including phenoxy) is 2. The molecule has 0 saturated heterocycles. The molecule has 1 radical (unpaired) electrons. The van der Waals surface area contributed by atoms with E-state index in [0.29, 0.717) is 0 Å². The molecular formula is C14H23O2. The van der Waals surface area contributed by atoms with E-state index in [1.165, 1.54) is 38.5 Å². The van der Waals surface area contributed by atoms with Crippen molar-refractivity contribution >= 4 is 0 Å². The first-order chi connectivity index (χ1) is 7.69. The van der Waals surface area contributed by atoms with Gasteiger partial charge in [-0.15, -0.1) is 0 Å². The van der Waals surface area contributed by atoms with Gasteiger partial charge in [0.15, 0.2) is 6.29 Å². The van der Waals surface area contributed by atoms with E-state index in [-0.39, 0.29) is 11.9 Å². The van der Waals surface area contributed by atoms with Crippen molar-refractivity contribution in [3.8, 4) is 0 Å². The van der Waals surface area contributed by atoms with Gasteiger partial charge in [0.1, 0.15) is 0 Å². The molecule has 4 bridgehead atoms.